The van der Waals surface area contributed by atoms with E-state index in [4.69, 9.17) is 9.15 Å². The third kappa shape index (κ3) is 3.20. The van der Waals surface area contributed by atoms with Crippen LogP contribution < -0.4 is 15.7 Å². The maximum Gasteiger partial charge on any atom is 0.336 e. The highest BCUT2D eigenvalue weighted by Gasteiger charge is 2.54. The number of carbonyl (C=O) groups is 2. The lowest BCUT2D eigenvalue weighted by atomic mass is 9.89. The van der Waals surface area contributed by atoms with E-state index >= 15 is 0 Å². The van der Waals surface area contributed by atoms with Crippen molar-refractivity contribution in [2.75, 3.05) is 26.7 Å². The molecule has 1 atom stereocenters. The first-order valence-electron chi connectivity index (χ1n) is 10.3. The van der Waals surface area contributed by atoms with Crippen molar-refractivity contribution in [3.05, 3.63) is 39.7 Å². The van der Waals surface area contributed by atoms with E-state index in [1.165, 1.54) is 6.07 Å². The molecule has 0 saturated carbocycles. The molecule has 30 heavy (non-hydrogen) atoms. The number of carbonyl (C=O) groups excluding carboxylic acids is 2. The molecule has 2 aliphatic rings. The molecule has 2 fully saturated rings. The Morgan fingerprint density at radius 2 is 2.07 bits per heavy atom. The van der Waals surface area contributed by atoms with Crippen molar-refractivity contribution < 1.29 is 18.7 Å². The van der Waals surface area contributed by atoms with Gasteiger partial charge in [-0.15, -0.1) is 0 Å². The molecule has 1 aromatic heterocycles. The zero-order valence-corrected chi connectivity index (χ0v) is 17.8. The van der Waals surface area contributed by atoms with Crippen LogP contribution in [0.5, 0.6) is 5.75 Å². The van der Waals surface area contributed by atoms with Gasteiger partial charge < -0.3 is 24.3 Å². The van der Waals surface area contributed by atoms with Crippen molar-refractivity contribution in [2.24, 2.45) is 0 Å². The van der Waals surface area contributed by atoms with Gasteiger partial charge >= 0.3 is 11.7 Å². The van der Waals surface area contributed by atoms with Gasteiger partial charge in [-0.05, 0) is 38.0 Å². The lowest BCUT2D eigenvalue weighted by molar-refractivity contribution is -0.148. The van der Waals surface area contributed by atoms with Crippen molar-refractivity contribution in [3.63, 3.8) is 0 Å². The molecule has 1 N–H and O–H groups in total. The van der Waals surface area contributed by atoms with Crippen LogP contribution in [-0.2, 0) is 11.2 Å². The van der Waals surface area contributed by atoms with E-state index in [0.29, 0.717) is 36.5 Å². The zero-order chi connectivity index (χ0) is 21.6. The summed E-state index contributed by atoms with van der Waals surface area (Å²) in [6.07, 6.45) is 1.02. The fraction of sp³-hybridized carbons (Fsp3) is 0.500. The quantitative estimate of drug-likeness (QED) is 0.758. The van der Waals surface area contributed by atoms with Crippen LogP contribution >= 0.6 is 0 Å². The summed E-state index contributed by atoms with van der Waals surface area (Å²) < 4.78 is 11.4. The zero-order valence-electron chi connectivity index (χ0n) is 17.8. The Kier molecular flexibility index (Phi) is 4.95. The lowest BCUT2D eigenvalue weighted by Crippen LogP contribution is -2.71. The van der Waals surface area contributed by atoms with Gasteiger partial charge in [0.1, 0.15) is 11.3 Å². The fourth-order valence-corrected chi connectivity index (χ4v) is 4.35. The summed E-state index contributed by atoms with van der Waals surface area (Å²) >= 11 is 0. The molecule has 160 valence electrons. The average Bonchev–Trinajstić information content (AvgIpc) is 2.98. The van der Waals surface area contributed by atoms with Crippen LogP contribution in [0.2, 0.25) is 0 Å². The minimum absolute atomic E-state index is 0.109. The molecular weight excluding hydrogens is 386 g/mol. The Hall–Kier alpha value is -3.03. The summed E-state index contributed by atoms with van der Waals surface area (Å²) in [5.74, 6) is 0.388. The minimum Gasteiger partial charge on any atom is -0.480 e. The molecule has 8 nitrogen and oxygen atoms in total. The van der Waals surface area contributed by atoms with Crippen molar-refractivity contribution in [1.29, 1.82) is 0 Å². The Labute approximate surface area is 174 Å². The third-order valence-electron chi connectivity index (χ3n) is 6.23. The Bertz CT molecular complexity index is 1070. The maximum absolute atomic E-state index is 12.8. The van der Waals surface area contributed by atoms with E-state index in [-0.39, 0.29) is 23.1 Å². The minimum atomic E-state index is -0.695. The van der Waals surface area contributed by atoms with Gasteiger partial charge in [-0.1, -0.05) is 13.3 Å². The van der Waals surface area contributed by atoms with Crippen LogP contribution in [-0.4, -0.2) is 60.1 Å². The maximum atomic E-state index is 12.8. The summed E-state index contributed by atoms with van der Waals surface area (Å²) in [5.41, 5.74) is 1.46. The van der Waals surface area contributed by atoms with Gasteiger partial charge in [-0.25, -0.2) is 9.59 Å². The summed E-state index contributed by atoms with van der Waals surface area (Å²) in [5, 5.41) is 3.71. The highest BCUT2D eigenvalue weighted by molar-refractivity contribution is 5.86. The average molecular weight is 413 g/mol. The second kappa shape index (κ2) is 7.34. The SMILES string of the molecule is CCCc1cc(=O)oc2c(C)c(OC(C)C(=O)N3CC4(CNC(=O)N4C)C3)ccc12. The van der Waals surface area contributed by atoms with Crippen LogP contribution in [0.25, 0.3) is 11.0 Å². The van der Waals surface area contributed by atoms with Crippen LogP contribution in [0.1, 0.15) is 31.4 Å². The number of aryl methyl sites for hydroxylation is 2. The number of fused-ring (bicyclic) bond motifs is 1. The number of hydrogen-bond donors (Lipinski definition) is 1. The first kappa shape index (κ1) is 20.3. The lowest BCUT2D eigenvalue weighted by Gasteiger charge is -2.50. The molecule has 1 spiro atoms. The smallest absolute Gasteiger partial charge is 0.336 e. The van der Waals surface area contributed by atoms with Gasteiger partial charge in [-0.3, -0.25) is 4.79 Å². The highest BCUT2D eigenvalue weighted by atomic mass is 16.5. The van der Waals surface area contributed by atoms with E-state index in [1.807, 2.05) is 19.1 Å². The van der Waals surface area contributed by atoms with E-state index in [2.05, 4.69) is 12.2 Å². The van der Waals surface area contributed by atoms with Crippen LogP contribution in [0.15, 0.2) is 27.4 Å². The number of nitrogens with one attached hydrogen (secondary N) is 1. The molecule has 3 amide bonds. The van der Waals surface area contributed by atoms with Crippen LogP contribution in [0, 0.1) is 6.92 Å². The number of rotatable bonds is 5. The van der Waals surface area contributed by atoms with Crippen molar-refractivity contribution in [1.82, 2.24) is 15.1 Å². The van der Waals surface area contributed by atoms with E-state index in [1.54, 1.807) is 23.8 Å². The Morgan fingerprint density at radius 1 is 1.33 bits per heavy atom. The third-order valence-corrected chi connectivity index (χ3v) is 6.23. The standard InChI is InChI=1S/C22H27N3O5/c1-5-6-15-9-18(26)30-19-13(2)17(8-7-16(15)19)29-14(3)20(27)25-11-22(12-25)10-23-21(28)24(22)4/h7-9,14H,5-6,10-12H2,1-4H3,(H,23,28). The molecule has 0 radical (unpaired) electrons. The second-order valence-corrected chi connectivity index (χ2v) is 8.30. The van der Waals surface area contributed by atoms with Crippen molar-refractivity contribution in [2.45, 2.75) is 45.3 Å². The number of likely N-dealkylation sites (N-methyl/N-ethyl adjacent to an activating group) is 1. The van der Waals surface area contributed by atoms with E-state index in [0.717, 1.165) is 23.8 Å². The van der Waals surface area contributed by atoms with Gasteiger partial charge in [0.15, 0.2) is 6.10 Å². The summed E-state index contributed by atoms with van der Waals surface area (Å²) in [6.45, 7) is 7.12. The number of hydrogen-bond acceptors (Lipinski definition) is 5. The summed E-state index contributed by atoms with van der Waals surface area (Å²) in [7, 11) is 1.75. The number of ether oxygens (including phenoxy) is 1. The number of benzene rings is 1. The summed E-state index contributed by atoms with van der Waals surface area (Å²) in [6, 6.07) is 5.14. The first-order valence-corrected chi connectivity index (χ1v) is 10.3. The van der Waals surface area contributed by atoms with Gasteiger partial charge in [0.05, 0.1) is 5.54 Å². The summed E-state index contributed by atoms with van der Waals surface area (Å²) in [4.78, 5) is 39.9. The van der Waals surface area contributed by atoms with Crippen LogP contribution in [0.3, 0.4) is 0 Å². The normalized spacial score (nSPS) is 18.5. The molecule has 0 aliphatic carbocycles. The number of amides is 3. The Morgan fingerprint density at radius 3 is 2.70 bits per heavy atom. The molecule has 1 aromatic carbocycles. The molecule has 2 aromatic rings. The second-order valence-electron chi connectivity index (χ2n) is 8.30. The number of nitrogens with zero attached hydrogens (tertiary/aromatic N) is 2. The van der Waals surface area contributed by atoms with Gasteiger partial charge in [0.2, 0.25) is 0 Å². The molecule has 1 unspecified atom stereocenters. The van der Waals surface area contributed by atoms with Crippen LogP contribution in [0.4, 0.5) is 4.79 Å². The fourth-order valence-electron chi connectivity index (χ4n) is 4.35. The molecule has 0 bridgehead atoms. The predicted octanol–water partition coefficient (Wildman–Crippen LogP) is 2.06. The first-order chi connectivity index (χ1) is 14.3. The Balaban J connectivity index is 1.50. The van der Waals surface area contributed by atoms with Gasteiger partial charge in [0.25, 0.3) is 5.91 Å². The molecule has 4 rings (SSSR count). The largest absolute Gasteiger partial charge is 0.480 e. The molecule has 2 saturated heterocycles. The number of likely N-dealkylation sites (tertiary alicyclic amines) is 1. The van der Waals surface area contributed by atoms with E-state index in [9.17, 15) is 14.4 Å². The van der Waals surface area contributed by atoms with Gasteiger partial charge in [-0.2, -0.15) is 0 Å². The van der Waals surface area contributed by atoms with E-state index < -0.39 is 6.10 Å². The molecule has 3 heterocycles. The van der Waals surface area contributed by atoms with Crippen molar-refractivity contribution in [3.8, 4) is 5.75 Å². The number of urea groups is 1. The molecule has 8 heteroatoms. The van der Waals surface area contributed by atoms with Crippen molar-refractivity contribution >= 4 is 22.9 Å². The highest BCUT2D eigenvalue weighted by Crippen LogP contribution is 2.32. The monoisotopic (exact) mass is 413 g/mol. The predicted molar refractivity (Wildman–Crippen MR) is 112 cm³/mol. The van der Waals surface area contributed by atoms with Gasteiger partial charge in [0, 0.05) is 43.7 Å². The molecule has 2 aliphatic heterocycles. The topological polar surface area (TPSA) is 92.1 Å². The molecular formula is C22H27N3O5.